The van der Waals surface area contributed by atoms with E-state index >= 15 is 0 Å². The maximum Gasteiger partial charge on any atom is 0.0849 e. The second-order valence-electron chi connectivity index (χ2n) is 4.37. The van der Waals surface area contributed by atoms with Gasteiger partial charge in [0.2, 0.25) is 0 Å². The molecule has 0 spiro atoms. The lowest BCUT2D eigenvalue weighted by atomic mass is 9.97. The van der Waals surface area contributed by atoms with Crippen molar-refractivity contribution >= 4 is 0 Å². The molecule has 82 valence electrons. The van der Waals surface area contributed by atoms with E-state index in [9.17, 15) is 0 Å². The lowest BCUT2D eigenvalue weighted by molar-refractivity contribution is 0.109. The third-order valence-corrected chi connectivity index (χ3v) is 3.37. The van der Waals surface area contributed by atoms with Crippen LogP contribution in [-0.4, -0.2) is 23.3 Å². The van der Waals surface area contributed by atoms with E-state index in [1.54, 1.807) is 0 Å². The van der Waals surface area contributed by atoms with Crippen LogP contribution >= 0.6 is 0 Å². The van der Waals surface area contributed by atoms with Crippen LogP contribution in [0.1, 0.15) is 42.3 Å². The fraction of sp³-hybridized carbons (Fsp3) is 0.727. The molecule has 3 rings (SSSR count). The molecule has 0 bridgehead atoms. The highest BCUT2D eigenvalue weighted by Crippen LogP contribution is 2.28. The number of H-pyrrole nitrogens is 1. The zero-order valence-electron chi connectivity index (χ0n) is 8.88. The Bertz CT molecular complexity index is 342. The minimum Gasteiger partial charge on any atom is -0.376 e. The van der Waals surface area contributed by atoms with Crippen molar-refractivity contribution in [1.29, 1.82) is 0 Å². The van der Waals surface area contributed by atoms with Crippen LogP contribution in [0.5, 0.6) is 0 Å². The van der Waals surface area contributed by atoms with Crippen molar-refractivity contribution in [3.63, 3.8) is 0 Å². The molecule has 0 saturated carbocycles. The van der Waals surface area contributed by atoms with E-state index in [4.69, 9.17) is 4.74 Å². The summed E-state index contributed by atoms with van der Waals surface area (Å²) in [6.07, 6.45) is 4.78. The van der Waals surface area contributed by atoms with Crippen molar-refractivity contribution in [2.75, 3.05) is 13.2 Å². The Labute approximate surface area is 89.4 Å². The van der Waals surface area contributed by atoms with Gasteiger partial charge in [0.15, 0.2) is 0 Å². The summed E-state index contributed by atoms with van der Waals surface area (Å²) in [4.78, 5) is 0. The molecular formula is C11H17N3O. The molecule has 1 aromatic heterocycles. The predicted molar refractivity (Wildman–Crippen MR) is 56.5 cm³/mol. The first-order valence-corrected chi connectivity index (χ1v) is 5.82. The van der Waals surface area contributed by atoms with Gasteiger partial charge >= 0.3 is 0 Å². The molecule has 1 saturated heterocycles. The Hall–Kier alpha value is -0.870. The summed E-state index contributed by atoms with van der Waals surface area (Å²) in [6.45, 7) is 2.68. The summed E-state index contributed by atoms with van der Waals surface area (Å²) >= 11 is 0. The number of hydrogen-bond acceptors (Lipinski definition) is 3. The number of hydrogen-bond donors (Lipinski definition) is 2. The molecule has 2 aliphatic heterocycles. The van der Waals surface area contributed by atoms with Gasteiger partial charge in [-0.1, -0.05) is 6.42 Å². The van der Waals surface area contributed by atoms with Gasteiger partial charge in [-0.3, -0.25) is 5.10 Å². The van der Waals surface area contributed by atoms with Gasteiger partial charge in [-0.05, 0) is 19.4 Å². The Morgan fingerprint density at radius 3 is 3.20 bits per heavy atom. The number of fused-ring (bicyclic) bond motifs is 1. The Morgan fingerprint density at radius 1 is 1.33 bits per heavy atom. The molecule has 4 nitrogen and oxygen atoms in total. The van der Waals surface area contributed by atoms with E-state index in [-0.39, 0.29) is 0 Å². The minimum atomic E-state index is 0.445. The highest BCUT2D eigenvalue weighted by molar-refractivity contribution is 5.28. The van der Waals surface area contributed by atoms with E-state index < -0.39 is 0 Å². The maximum absolute atomic E-state index is 5.50. The topological polar surface area (TPSA) is 49.9 Å². The third kappa shape index (κ3) is 1.68. The minimum absolute atomic E-state index is 0.445. The summed E-state index contributed by atoms with van der Waals surface area (Å²) in [5.74, 6) is 0. The highest BCUT2D eigenvalue weighted by atomic mass is 16.5. The molecule has 1 unspecified atom stereocenters. The Morgan fingerprint density at radius 2 is 2.33 bits per heavy atom. The second kappa shape index (κ2) is 3.94. The van der Waals surface area contributed by atoms with Crippen molar-refractivity contribution in [3.8, 4) is 0 Å². The summed E-state index contributed by atoms with van der Waals surface area (Å²) in [5.41, 5.74) is 3.79. The molecule has 0 aliphatic carbocycles. The molecule has 0 radical (unpaired) electrons. The first kappa shape index (κ1) is 9.36. The fourth-order valence-corrected chi connectivity index (χ4v) is 2.51. The smallest absolute Gasteiger partial charge is 0.0849 e. The number of nitrogens with zero attached hydrogens (tertiary/aromatic N) is 1. The van der Waals surface area contributed by atoms with Gasteiger partial charge in [0, 0.05) is 17.7 Å². The average molecular weight is 207 g/mol. The molecule has 2 N–H and O–H groups in total. The number of aromatic nitrogens is 2. The van der Waals surface area contributed by atoms with Crippen LogP contribution in [-0.2, 0) is 17.8 Å². The van der Waals surface area contributed by atoms with Crippen LogP contribution in [0.2, 0.25) is 0 Å². The van der Waals surface area contributed by atoms with Crippen molar-refractivity contribution in [2.24, 2.45) is 0 Å². The molecule has 2 aliphatic rings. The van der Waals surface area contributed by atoms with Crippen LogP contribution in [0, 0.1) is 0 Å². The summed E-state index contributed by atoms with van der Waals surface area (Å²) < 4.78 is 5.50. The molecule has 3 heterocycles. The summed E-state index contributed by atoms with van der Waals surface area (Å²) in [5, 5.41) is 11.1. The van der Waals surface area contributed by atoms with Crippen molar-refractivity contribution in [2.45, 2.75) is 38.3 Å². The average Bonchev–Trinajstić information content (AvgIpc) is 2.74. The first-order valence-electron chi connectivity index (χ1n) is 5.82. The second-order valence-corrected chi connectivity index (χ2v) is 4.37. The van der Waals surface area contributed by atoms with Crippen molar-refractivity contribution < 1.29 is 4.74 Å². The van der Waals surface area contributed by atoms with E-state index in [0.29, 0.717) is 6.04 Å². The first-order chi connectivity index (χ1) is 7.45. The summed E-state index contributed by atoms with van der Waals surface area (Å²) in [6, 6.07) is 0.445. The number of rotatable bonds is 1. The molecule has 15 heavy (non-hydrogen) atoms. The quantitative estimate of drug-likeness (QED) is 0.729. The largest absolute Gasteiger partial charge is 0.376 e. The number of piperidine rings is 1. The fourth-order valence-electron chi connectivity index (χ4n) is 2.51. The van der Waals surface area contributed by atoms with E-state index in [0.717, 1.165) is 26.2 Å². The van der Waals surface area contributed by atoms with Gasteiger partial charge in [-0.25, -0.2) is 0 Å². The lowest BCUT2D eigenvalue weighted by Gasteiger charge is -2.23. The molecule has 4 heteroatoms. The Balaban J connectivity index is 1.87. The molecule has 0 amide bonds. The van der Waals surface area contributed by atoms with Gasteiger partial charge in [0.05, 0.1) is 24.9 Å². The van der Waals surface area contributed by atoms with Gasteiger partial charge < -0.3 is 10.1 Å². The van der Waals surface area contributed by atoms with E-state index in [1.165, 1.54) is 36.2 Å². The third-order valence-electron chi connectivity index (χ3n) is 3.37. The number of aromatic amines is 1. The van der Waals surface area contributed by atoms with E-state index in [2.05, 4.69) is 15.5 Å². The highest BCUT2D eigenvalue weighted by Gasteiger charge is 2.24. The van der Waals surface area contributed by atoms with Gasteiger partial charge in [-0.2, -0.15) is 5.10 Å². The lowest BCUT2D eigenvalue weighted by Crippen LogP contribution is -2.28. The SMILES string of the molecule is C1CCC(c2n[nH]c3c2COCC3)NC1. The van der Waals surface area contributed by atoms with Gasteiger partial charge in [-0.15, -0.1) is 0 Å². The van der Waals surface area contributed by atoms with Crippen LogP contribution in [0.15, 0.2) is 0 Å². The van der Waals surface area contributed by atoms with Crippen LogP contribution in [0.4, 0.5) is 0 Å². The van der Waals surface area contributed by atoms with Crippen LogP contribution in [0.3, 0.4) is 0 Å². The summed E-state index contributed by atoms with van der Waals surface area (Å²) in [7, 11) is 0. The molecule has 1 aromatic rings. The van der Waals surface area contributed by atoms with Gasteiger partial charge in [0.1, 0.15) is 0 Å². The molecule has 1 fully saturated rings. The zero-order chi connectivity index (χ0) is 10.1. The molecule has 1 atom stereocenters. The maximum atomic E-state index is 5.50. The number of nitrogens with one attached hydrogen (secondary N) is 2. The molecule has 0 aromatic carbocycles. The zero-order valence-corrected chi connectivity index (χ0v) is 8.88. The molecular weight excluding hydrogens is 190 g/mol. The van der Waals surface area contributed by atoms with Crippen LogP contribution < -0.4 is 5.32 Å². The standard InChI is InChI=1S/C11H17N3O/c1-2-5-12-10(3-1)11-8-7-15-6-4-9(8)13-14-11/h10,12H,1-7H2,(H,13,14). The predicted octanol–water partition coefficient (Wildman–Crippen LogP) is 1.30. The van der Waals surface area contributed by atoms with E-state index in [1.807, 2.05) is 0 Å². The van der Waals surface area contributed by atoms with Crippen molar-refractivity contribution in [1.82, 2.24) is 15.5 Å². The monoisotopic (exact) mass is 207 g/mol. The number of ether oxygens (including phenoxy) is 1. The normalized spacial score (nSPS) is 26.3. The van der Waals surface area contributed by atoms with Crippen LogP contribution in [0.25, 0.3) is 0 Å². The van der Waals surface area contributed by atoms with Crippen molar-refractivity contribution in [3.05, 3.63) is 17.0 Å². The Kier molecular flexibility index (Phi) is 2.46. The van der Waals surface area contributed by atoms with Gasteiger partial charge in [0.25, 0.3) is 0 Å².